The monoisotopic (exact) mass is 208 g/mol. The first-order valence-corrected chi connectivity index (χ1v) is 5.76. The Morgan fingerprint density at radius 2 is 2.33 bits per heavy atom. The van der Waals surface area contributed by atoms with Crippen LogP contribution in [0, 0.1) is 11.3 Å². The lowest BCUT2D eigenvalue weighted by Gasteiger charge is -2.25. The molecule has 1 saturated carbocycles. The van der Waals surface area contributed by atoms with E-state index in [4.69, 9.17) is 0 Å². The molecule has 2 rings (SSSR count). The molecule has 0 aromatic carbocycles. The van der Waals surface area contributed by atoms with E-state index in [2.05, 4.69) is 24.0 Å². The highest BCUT2D eigenvalue weighted by Crippen LogP contribution is 2.48. The Morgan fingerprint density at radius 3 is 2.87 bits per heavy atom. The van der Waals surface area contributed by atoms with Crippen LogP contribution in [0.3, 0.4) is 0 Å². The molecule has 2 N–H and O–H groups in total. The molecule has 84 valence electrons. The van der Waals surface area contributed by atoms with Gasteiger partial charge in [-0.3, -0.25) is 5.10 Å². The molecule has 1 fully saturated rings. The van der Waals surface area contributed by atoms with E-state index in [1.165, 1.54) is 12.8 Å². The fourth-order valence-corrected chi connectivity index (χ4v) is 2.19. The van der Waals surface area contributed by atoms with E-state index in [-0.39, 0.29) is 6.10 Å². The highest BCUT2D eigenvalue weighted by atomic mass is 16.3. The lowest BCUT2D eigenvalue weighted by atomic mass is 9.81. The molecule has 3 nitrogen and oxygen atoms in total. The SMILES string of the molecule is CC(C)(CCC(O)c1cn[nH]c1)C1CC1. The predicted molar refractivity (Wildman–Crippen MR) is 59.3 cm³/mol. The number of H-pyrrole nitrogens is 1. The second-order valence-corrected chi connectivity index (χ2v) is 5.35. The highest BCUT2D eigenvalue weighted by molar-refractivity contribution is 5.06. The minimum atomic E-state index is -0.359. The van der Waals surface area contributed by atoms with Crippen LogP contribution >= 0.6 is 0 Å². The van der Waals surface area contributed by atoms with Gasteiger partial charge in [0.25, 0.3) is 0 Å². The van der Waals surface area contributed by atoms with Gasteiger partial charge >= 0.3 is 0 Å². The largest absolute Gasteiger partial charge is 0.388 e. The Kier molecular flexibility index (Phi) is 2.83. The number of aliphatic hydroxyl groups is 1. The van der Waals surface area contributed by atoms with E-state index < -0.39 is 0 Å². The van der Waals surface area contributed by atoms with Crippen molar-refractivity contribution >= 4 is 0 Å². The van der Waals surface area contributed by atoms with Gasteiger partial charge in [-0.25, -0.2) is 0 Å². The number of aromatic amines is 1. The van der Waals surface area contributed by atoms with Crippen LogP contribution in [-0.4, -0.2) is 15.3 Å². The van der Waals surface area contributed by atoms with Crippen molar-refractivity contribution in [3.05, 3.63) is 18.0 Å². The van der Waals surface area contributed by atoms with Crippen molar-refractivity contribution in [2.24, 2.45) is 11.3 Å². The zero-order valence-corrected chi connectivity index (χ0v) is 9.53. The number of aliphatic hydroxyl groups excluding tert-OH is 1. The molecular weight excluding hydrogens is 188 g/mol. The molecule has 0 saturated heterocycles. The number of nitrogens with zero attached hydrogens (tertiary/aromatic N) is 1. The molecule has 0 spiro atoms. The van der Waals surface area contributed by atoms with Gasteiger partial charge in [-0.2, -0.15) is 5.10 Å². The summed E-state index contributed by atoms with van der Waals surface area (Å²) in [7, 11) is 0. The van der Waals surface area contributed by atoms with Crippen LogP contribution in [0.4, 0.5) is 0 Å². The molecule has 0 radical (unpaired) electrons. The van der Waals surface area contributed by atoms with E-state index >= 15 is 0 Å². The van der Waals surface area contributed by atoms with Gasteiger partial charge in [0.1, 0.15) is 0 Å². The van der Waals surface area contributed by atoms with Gasteiger partial charge in [-0.05, 0) is 37.0 Å². The van der Waals surface area contributed by atoms with Crippen molar-refractivity contribution in [2.75, 3.05) is 0 Å². The van der Waals surface area contributed by atoms with Crippen LogP contribution in [0.15, 0.2) is 12.4 Å². The van der Waals surface area contributed by atoms with Gasteiger partial charge < -0.3 is 5.11 Å². The average Bonchev–Trinajstić information content (AvgIpc) is 2.92. The summed E-state index contributed by atoms with van der Waals surface area (Å²) < 4.78 is 0. The van der Waals surface area contributed by atoms with E-state index in [1.807, 2.05) is 0 Å². The average molecular weight is 208 g/mol. The van der Waals surface area contributed by atoms with E-state index in [9.17, 15) is 5.11 Å². The summed E-state index contributed by atoms with van der Waals surface area (Å²) in [6.07, 6.45) is 7.78. The second-order valence-electron chi connectivity index (χ2n) is 5.35. The van der Waals surface area contributed by atoms with Gasteiger partial charge in [0.05, 0.1) is 12.3 Å². The van der Waals surface area contributed by atoms with Crippen molar-refractivity contribution < 1.29 is 5.11 Å². The fraction of sp³-hybridized carbons (Fsp3) is 0.750. The van der Waals surface area contributed by atoms with E-state index in [0.29, 0.717) is 5.41 Å². The summed E-state index contributed by atoms with van der Waals surface area (Å²) >= 11 is 0. The molecule has 1 unspecified atom stereocenters. The van der Waals surface area contributed by atoms with Crippen molar-refractivity contribution in [3.8, 4) is 0 Å². The van der Waals surface area contributed by atoms with E-state index in [0.717, 1.165) is 24.3 Å². The van der Waals surface area contributed by atoms with E-state index in [1.54, 1.807) is 12.4 Å². The molecule has 1 heterocycles. The van der Waals surface area contributed by atoms with Crippen LogP contribution in [0.2, 0.25) is 0 Å². The van der Waals surface area contributed by atoms with Gasteiger partial charge in [0.15, 0.2) is 0 Å². The molecule has 1 aliphatic rings. The predicted octanol–water partition coefficient (Wildman–Crippen LogP) is 2.66. The Hall–Kier alpha value is -0.830. The lowest BCUT2D eigenvalue weighted by molar-refractivity contribution is 0.137. The Balaban J connectivity index is 1.82. The zero-order valence-electron chi connectivity index (χ0n) is 9.53. The fourth-order valence-electron chi connectivity index (χ4n) is 2.19. The maximum absolute atomic E-state index is 9.91. The van der Waals surface area contributed by atoms with Crippen molar-refractivity contribution in [3.63, 3.8) is 0 Å². The highest BCUT2D eigenvalue weighted by Gasteiger charge is 2.37. The van der Waals surface area contributed by atoms with Crippen LogP contribution in [0.5, 0.6) is 0 Å². The minimum absolute atomic E-state index is 0.359. The Morgan fingerprint density at radius 1 is 1.60 bits per heavy atom. The van der Waals surface area contributed by atoms with Crippen LogP contribution in [-0.2, 0) is 0 Å². The van der Waals surface area contributed by atoms with Crippen molar-refractivity contribution in [1.82, 2.24) is 10.2 Å². The molecule has 1 aromatic rings. The summed E-state index contributed by atoms with van der Waals surface area (Å²) in [6.45, 7) is 4.62. The Labute approximate surface area is 90.9 Å². The number of nitrogens with one attached hydrogen (secondary N) is 1. The second kappa shape index (κ2) is 3.97. The van der Waals surface area contributed by atoms with Gasteiger partial charge in [-0.15, -0.1) is 0 Å². The topological polar surface area (TPSA) is 48.9 Å². The number of hydrogen-bond acceptors (Lipinski definition) is 2. The third-order valence-corrected chi connectivity index (χ3v) is 3.65. The van der Waals surface area contributed by atoms with Crippen LogP contribution < -0.4 is 0 Å². The molecule has 0 bridgehead atoms. The molecular formula is C12H20N2O. The maximum Gasteiger partial charge on any atom is 0.0820 e. The Bertz CT molecular complexity index is 301. The first-order valence-electron chi connectivity index (χ1n) is 5.76. The quantitative estimate of drug-likeness (QED) is 0.781. The summed E-state index contributed by atoms with van der Waals surface area (Å²) in [5, 5.41) is 16.5. The lowest BCUT2D eigenvalue weighted by Crippen LogP contribution is -2.15. The summed E-state index contributed by atoms with van der Waals surface area (Å²) in [4.78, 5) is 0. The first-order chi connectivity index (χ1) is 7.09. The maximum atomic E-state index is 9.91. The molecule has 1 atom stereocenters. The molecule has 1 aromatic heterocycles. The van der Waals surface area contributed by atoms with Gasteiger partial charge in [-0.1, -0.05) is 13.8 Å². The zero-order chi connectivity index (χ0) is 10.9. The standard InChI is InChI=1S/C12H20N2O/c1-12(2,10-3-4-10)6-5-11(15)9-7-13-14-8-9/h7-8,10-11,15H,3-6H2,1-2H3,(H,13,14). The molecule has 1 aliphatic carbocycles. The van der Waals surface area contributed by atoms with Gasteiger partial charge in [0, 0.05) is 11.8 Å². The van der Waals surface area contributed by atoms with Crippen molar-refractivity contribution in [1.29, 1.82) is 0 Å². The van der Waals surface area contributed by atoms with Crippen LogP contribution in [0.1, 0.15) is 51.2 Å². The first kappa shape index (κ1) is 10.7. The summed E-state index contributed by atoms with van der Waals surface area (Å²) in [5.74, 6) is 0.883. The molecule has 3 heteroatoms. The van der Waals surface area contributed by atoms with Gasteiger partial charge in [0.2, 0.25) is 0 Å². The number of rotatable bonds is 5. The summed E-state index contributed by atoms with van der Waals surface area (Å²) in [6, 6.07) is 0. The number of aromatic nitrogens is 2. The molecule has 15 heavy (non-hydrogen) atoms. The number of hydrogen-bond donors (Lipinski definition) is 2. The normalized spacial score (nSPS) is 19.1. The minimum Gasteiger partial charge on any atom is -0.388 e. The molecule has 0 amide bonds. The molecule has 0 aliphatic heterocycles. The van der Waals surface area contributed by atoms with Crippen LogP contribution in [0.25, 0.3) is 0 Å². The summed E-state index contributed by atoms with van der Waals surface area (Å²) in [5.41, 5.74) is 1.30. The smallest absolute Gasteiger partial charge is 0.0820 e. The van der Waals surface area contributed by atoms with Crippen molar-refractivity contribution in [2.45, 2.75) is 45.6 Å². The third-order valence-electron chi connectivity index (χ3n) is 3.65. The third kappa shape index (κ3) is 2.59.